The Morgan fingerprint density at radius 1 is 1.12 bits per heavy atom. The van der Waals surface area contributed by atoms with Gasteiger partial charge in [0.25, 0.3) is 0 Å². The third-order valence-corrected chi connectivity index (χ3v) is 5.28. The zero-order valence-corrected chi connectivity index (χ0v) is 17.5. The zero-order chi connectivity index (χ0) is 22.9. The second kappa shape index (κ2) is 8.78. The van der Waals surface area contributed by atoms with Gasteiger partial charge in [-0.05, 0) is 18.6 Å². The number of nitrogens with zero attached hydrogens (tertiary/aromatic N) is 4. The molecule has 0 saturated carbocycles. The number of hydrogen-bond acceptors (Lipinski definition) is 5. The molecular weight excluding hydrogens is 449 g/mol. The van der Waals surface area contributed by atoms with Crippen molar-refractivity contribution in [2.24, 2.45) is 0 Å². The molecule has 0 radical (unpaired) electrons. The fourth-order valence-corrected chi connectivity index (χ4v) is 3.71. The standard InChI is InChI=1S/C21H18ClF3N4O3/c22-14-4-1-3-13(9-14)17-11-16(32-27-17)10-15(30)5-6-20(31)28-7-2-8-29-19(28)12-18(26-29)21(23,24)25/h1,3-4,9,11-12H,2,5-8,10H2. The SMILES string of the molecule is O=C(CCC(=O)N1CCCn2nc(C(F)(F)F)cc21)Cc1cc(-c2cccc(Cl)c2)no1. The molecule has 3 aromatic rings. The first-order valence-corrected chi connectivity index (χ1v) is 10.3. The van der Waals surface area contributed by atoms with Crippen LogP contribution in [-0.4, -0.2) is 33.2 Å². The van der Waals surface area contributed by atoms with Gasteiger partial charge in [-0.3, -0.25) is 14.5 Å². The molecule has 1 aromatic carbocycles. The van der Waals surface area contributed by atoms with Crippen molar-refractivity contribution < 1.29 is 27.3 Å². The summed E-state index contributed by atoms with van der Waals surface area (Å²) in [4.78, 5) is 26.2. The number of rotatable bonds is 6. The van der Waals surface area contributed by atoms with Crippen LogP contribution in [0.1, 0.15) is 30.7 Å². The van der Waals surface area contributed by atoms with Crippen molar-refractivity contribution in [3.63, 3.8) is 0 Å². The molecule has 0 saturated heterocycles. The van der Waals surface area contributed by atoms with Gasteiger partial charge < -0.3 is 4.52 Å². The van der Waals surface area contributed by atoms with E-state index < -0.39 is 17.8 Å². The molecule has 11 heteroatoms. The number of carbonyl (C=O) groups excluding carboxylic acids is 2. The van der Waals surface area contributed by atoms with Crippen LogP contribution in [0.2, 0.25) is 5.02 Å². The Balaban J connectivity index is 1.35. The Morgan fingerprint density at radius 2 is 1.94 bits per heavy atom. The van der Waals surface area contributed by atoms with E-state index in [9.17, 15) is 22.8 Å². The summed E-state index contributed by atoms with van der Waals surface area (Å²) >= 11 is 5.97. The first-order valence-electron chi connectivity index (χ1n) is 9.89. The predicted octanol–water partition coefficient (Wildman–Crippen LogP) is 4.54. The molecule has 3 heterocycles. The van der Waals surface area contributed by atoms with Crippen molar-refractivity contribution in [2.45, 2.75) is 38.4 Å². The molecule has 0 atom stereocenters. The third-order valence-electron chi connectivity index (χ3n) is 5.05. The average Bonchev–Trinajstić information content (AvgIpc) is 3.38. The second-order valence-corrected chi connectivity index (χ2v) is 7.85. The number of amides is 1. The highest BCUT2D eigenvalue weighted by Gasteiger charge is 2.37. The summed E-state index contributed by atoms with van der Waals surface area (Å²) in [6.07, 6.45) is -4.34. The summed E-state index contributed by atoms with van der Waals surface area (Å²) in [6.45, 7) is 0.579. The van der Waals surface area contributed by atoms with Gasteiger partial charge in [-0.25, -0.2) is 4.68 Å². The lowest BCUT2D eigenvalue weighted by atomic mass is 10.1. The average molecular weight is 467 g/mol. The molecule has 0 unspecified atom stereocenters. The van der Waals surface area contributed by atoms with E-state index in [1.54, 1.807) is 24.3 Å². The maximum absolute atomic E-state index is 12.9. The van der Waals surface area contributed by atoms with Gasteiger partial charge >= 0.3 is 6.18 Å². The highest BCUT2D eigenvalue weighted by Crippen LogP contribution is 2.33. The minimum absolute atomic E-state index is 0.0446. The summed E-state index contributed by atoms with van der Waals surface area (Å²) in [5, 5.41) is 8.02. The Labute approximate surface area is 185 Å². The second-order valence-electron chi connectivity index (χ2n) is 7.41. The molecule has 4 rings (SSSR count). The summed E-state index contributed by atoms with van der Waals surface area (Å²) in [5.41, 5.74) is 0.243. The Hall–Kier alpha value is -3.14. The van der Waals surface area contributed by atoms with E-state index in [1.807, 2.05) is 6.07 Å². The largest absolute Gasteiger partial charge is 0.435 e. The molecule has 1 amide bonds. The zero-order valence-electron chi connectivity index (χ0n) is 16.7. The third kappa shape index (κ3) is 4.85. The van der Waals surface area contributed by atoms with Crippen molar-refractivity contribution in [1.82, 2.24) is 14.9 Å². The molecule has 0 bridgehead atoms. The van der Waals surface area contributed by atoms with Crippen molar-refractivity contribution in [3.05, 3.63) is 52.9 Å². The normalized spacial score (nSPS) is 13.8. The summed E-state index contributed by atoms with van der Waals surface area (Å²) < 4.78 is 45.2. The van der Waals surface area contributed by atoms with Gasteiger partial charge in [-0.15, -0.1) is 0 Å². The van der Waals surface area contributed by atoms with E-state index in [-0.39, 0.29) is 37.4 Å². The van der Waals surface area contributed by atoms with E-state index in [0.29, 0.717) is 29.4 Å². The Bertz CT molecular complexity index is 1160. The smallest absolute Gasteiger partial charge is 0.360 e. The molecule has 0 N–H and O–H groups in total. The van der Waals surface area contributed by atoms with Crippen LogP contribution in [0.4, 0.5) is 19.0 Å². The minimum atomic E-state index is -4.59. The molecule has 0 aliphatic carbocycles. The van der Waals surface area contributed by atoms with E-state index in [2.05, 4.69) is 10.3 Å². The van der Waals surface area contributed by atoms with E-state index in [0.717, 1.165) is 11.6 Å². The molecular formula is C21H18ClF3N4O3. The predicted molar refractivity (Wildman–Crippen MR) is 109 cm³/mol. The van der Waals surface area contributed by atoms with Crippen molar-refractivity contribution in [2.75, 3.05) is 11.4 Å². The molecule has 0 spiro atoms. The van der Waals surface area contributed by atoms with Crippen LogP contribution < -0.4 is 4.90 Å². The highest BCUT2D eigenvalue weighted by molar-refractivity contribution is 6.30. The monoisotopic (exact) mass is 466 g/mol. The van der Waals surface area contributed by atoms with Gasteiger partial charge in [0.2, 0.25) is 5.91 Å². The van der Waals surface area contributed by atoms with E-state index in [4.69, 9.17) is 16.1 Å². The number of hydrogen-bond donors (Lipinski definition) is 0. The lowest BCUT2D eigenvalue weighted by molar-refractivity contribution is -0.141. The van der Waals surface area contributed by atoms with Gasteiger partial charge in [0.05, 0.1) is 6.42 Å². The van der Waals surface area contributed by atoms with Crippen LogP contribution in [0.5, 0.6) is 0 Å². The Morgan fingerprint density at radius 3 is 2.69 bits per heavy atom. The molecule has 7 nitrogen and oxygen atoms in total. The first kappa shape index (κ1) is 22.1. The fourth-order valence-electron chi connectivity index (χ4n) is 3.52. The number of aryl methyl sites for hydroxylation is 1. The van der Waals surface area contributed by atoms with Gasteiger partial charge in [0.15, 0.2) is 5.69 Å². The van der Waals surface area contributed by atoms with Gasteiger partial charge in [0, 0.05) is 48.6 Å². The van der Waals surface area contributed by atoms with Crippen molar-refractivity contribution in [3.8, 4) is 11.3 Å². The number of halogens is 4. The summed E-state index contributed by atoms with van der Waals surface area (Å²) in [5.74, 6) is -0.218. The van der Waals surface area contributed by atoms with Crippen LogP contribution in [0.3, 0.4) is 0 Å². The lowest BCUT2D eigenvalue weighted by Gasteiger charge is -2.27. The quantitative estimate of drug-likeness (QED) is 0.533. The molecule has 1 aliphatic heterocycles. The van der Waals surface area contributed by atoms with Crippen LogP contribution in [0, 0.1) is 0 Å². The van der Waals surface area contributed by atoms with Gasteiger partial charge in [-0.2, -0.15) is 18.3 Å². The van der Waals surface area contributed by atoms with Crippen LogP contribution in [0.15, 0.2) is 40.9 Å². The summed E-state index contributed by atoms with van der Waals surface area (Å²) in [7, 11) is 0. The molecule has 168 valence electrons. The van der Waals surface area contributed by atoms with E-state index in [1.165, 1.54) is 9.58 Å². The van der Waals surface area contributed by atoms with Gasteiger partial charge in [0.1, 0.15) is 23.1 Å². The number of fused-ring (bicyclic) bond motifs is 1. The topological polar surface area (TPSA) is 81.2 Å². The lowest BCUT2D eigenvalue weighted by Crippen LogP contribution is -2.37. The Kier molecular flexibility index (Phi) is 6.05. The number of Topliss-reactive ketones (excluding diaryl/α,β-unsaturated/α-hetero) is 1. The number of anilines is 1. The van der Waals surface area contributed by atoms with Crippen LogP contribution >= 0.6 is 11.6 Å². The maximum atomic E-state index is 12.9. The van der Waals surface area contributed by atoms with Gasteiger partial charge in [-0.1, -0.05) is 28.9 Å². The maximum Gasteiger partial charge on any atom is 0.435 e. The van der Waals surface area contributed by atoms with Crippen LogP contribution in [-0.2, 0) is 28.7 Å². The first-order chi connectivity index (χ1) is 15.2. The van der Waals surface area contributed by atoms with Crippen molar-refractivity contribution >= 4 is 29.1 Å². The van der Waals surface area contributed by atoms with E-state index >= 15 is 0 Å². The van der Waals surface area contributed by atoms with Crippen LogP contribution in [0.25, 0.3) is 11.3 Å². The highest BCUT2D eigenvalue weighted by atomic mass is 35.5. The van der Waals surface area contributed by atoms with Crippen molar-refractivity contribution in [1.29, 1.82) is 0 Å². The fraction of sp³-hybridized carbons (Fsp3) is 0.333. The number of benzene rings is 1. The number of aromatic nitrogens is 3. The molecule has 32 heavy (non-hydrogen) atoms. The summed E-state index contributed by atoms with van der Waals surface area (Å²) in [6, 6.07) is 9.52. The number of carbonyl (C=O) groups is 2. The molecule has 2 aromatic heterocycles. The molecule has 1 aliphatic rings. The minimum Gasteiger partial charge on any atom is -0.360 e. The number of alkyl halides is 3. The number of ketones is 1. The molecule has 0 fully saturated rings.